The van der Waals surface area contributed by atoms with Gasteiger partial charge in [0, 0.05) is 24.5 Å². The summed E-state index contributed by atoms with van der Waals surface area (Å²) in [6, 6.07) is 10.2. The molecule has 3 rings (SSSR count). The molecule has 2 N–H and O–H groups in total. The minimum absolute atomic E-state index is 0.299. The zero-order valence-corrected chi connectivity index (χ0v) is 11.8. The second kappa shape index (κ2) is 5.01. The van der Waals surface area contributed by atoms with Crippen LogP contribution in [-0.4, -0.2) is 14.8 Å². The Balaban J connectivity index is 2.25. The molecule has 4 nitrogen and oxygen atoms in total. The summed E-state index contributed by atoms with van der Waals surface area (Å²) < 4.78 is 15.1. The molecule has 1 aromatic carbocycles. The lowest BCUT2D eigenvalue weighted by Crippen LogP contribution is -1.98. The number of anilines is 1. The molecule has 3 aromatic rings. The largest absolute Gasteiger partial charge is 0.383 e. The van der Waals surface area contributed by atoms with Crippen LogP contribution in [0.4, 0.5) is 10.2 Å². The Labute approximate surface area is 122 Å². The number of benzene rings is 1. The minimum atomic E-state index is -0.299. The molecule has 0 aliphatic heterocycles. The number of nitrogens with two attached hydrogens (primary N) is 1. The monoisotopic (exact) mass is 282 g/mol. The summed E-state index contributed by atoms with van der Waals surface area (Å²) in [7, 11) is 1.77. The molecule has 0 fully saturated rings. The van der Waals surface area contributed by atoms with E-state index >= 15 is 0 Å². The van der Waals surface area contributed by atoms with Crippen LogP contribution in [0.15, 0.2) is 42.6 Å². The van der Waals surface area contributed by atoms with Gasteiger partial charge in [-0.05, 0) is 36.8 Å². The van der Waals surface area contributed by atoms with Gasteiger partial charge < -0.3 is 5.73 Å². The molecule has 0 aliphatic carbocycles. The molecule has 0 aliphatic rings. The first kappa shape index (κ1) is 13.3. The molecule has 0 spiro atoms. The number of hydrogen-bond acceptors (Lipinski definition) is 3. The molecule has 0 unspecified atom stereocenters. The van der Waals surface area contributed by atoms with Crippen molar-refractivity contribution in [3.63, 3.8) is 0 Å². The Morgan fingerprint density at radius 1 is 1.14 bits per heavy atom. The van der Waals surface area contributed by atoms with E-state index in [1.54, 1.807) is 24.0 Å². The maximum Gasteiger partial charge on any atom is 0.129 e. The van der Waals surface area contributed by atoms with E-state index in [2.05, 4.69) is 10.1 Å². The first-order chi connectivity index (χ1) is 10.1. The summed E-state index contributed by atoms with van der Waals surface area (Å²) in [5.41, 5.74) is 10.1. The predicted octanol–water partition coefficient (Wildman–Crippen LogP) is 3.18. The van der Waals surface area contributed by atoms with Gasteiger partial charge in [0.05, 0.1) is 5.56 Å². The topological polar surface area (TPSA) is 56.7 Å². The molecule has 0 amide bonds. The quantitative estimate of drug-likeness (QED) is 0.785. The molecule has 5 heteroatoms. The number of aryl methyl sites for hydroxylation is 2. The van der Waals surface area contributed by atoms with Gasteiger partial charge in [0.2, 0.25) is 0 Å². The lowest BCUT2D eigenvalue weighted by molar-refractivity contribution is 0.628. The van der Waals surface area contributed by atoms with Crippen LogP contribution in [0.3, 0.4) is 0 Å². The Kier molecular flexibility index (Phi) is 3.17. The number of aromatic nitrogens is 3. The van der Waals surface area contributed by atoms with Gasteiger partial charge in [0.25, 0.3) is 0 Å². The molecule has 2 aromatic heterocycles. The van der Waals surface area contributed by atoms with E-state index in [0.717, 1.165) is 22.5 Å². The van der Waals surface area contributed by atoms with E-state index in [-0.39, 0.29) is 5.82 Å². The molecule has 0 atom stereocenters. The van der Waals surface area contributed by atoms with Crippen LogP contribution in [0.1, 0.15) is 5.69 Å². The van der Waals surface area contributed by atoms with Crippen LogP contribution in [-0.2, 0) is 7.05 Å². The maximum absolute atomic E-state index is 13.5. The van der Waals surface area contributed by atoms with Crippen molar-refractivity contribution in [3.8, 4) is 22.4 Å². The standard InChI is InChI=1S/C16H15FN4/c1-10-8-12(6-7-19-10)15-14(16(18)21(2)20-15)11-4-3-5-13(17)9-11/h3-9H,18H2,1-2H3. The molecular formula is C16H15FN4. The van der Waals surface area contributed by atoms with Crippen LogP contribution < -0.4 is 5.73 Å². The van der Waals surface area contributed by atoms with Crippen LogP contribution in [0.25, 0.3) is 22.4 Å². The number of rotatable bonds is 2. The fraction of sp³-hybridized carbons (Fsp3) is 0.125. The van der Waals surface area contributed by atoms with Gasteiger partial charge in [-0.1, -0.05) is 12.1 Å². The Bertz CT molecular complexity index is 808. The van der Waals surface area contributed by atoms with Crippen molar-refractivity contribution in [3.05, 3.63) is 54.1 Å². The number of hydrogen-bond donors (Lipinski definition) is 1. The predicted molar refractivity (Wildman–Crippen MR) is 81.0 cm³/mol. The third-order valence-electron chi connectivity index (χ3n) is 3.37. The van der Waals surface area contributed by atoms with Crippen molar-refractivity contribution in [1.29, 1.82) is 0 Å². The van der Waals surface area contributed by atoms with Gasteiger partial charge in [0.15, 0.2) is 0 Å². The third-order valence-corrected chi connectivity index (χ3v) is 3.37. The first-order valence-corrected chi connectivity index (χ1v) is 6.57. The second-order valence-electron chi connectivity index (χ2n) is 4.93. The second-order valence-corrected chi connectivity index (χ2v) is 4.93. The smallest absolute Gasteiger partial charge is 0.129 e. The van der Waals surface area contributed by atoms with E-state index in [0.29, 0.717) is 11.4 Å². The summed E-state index contributed by atoms with van der Waals surface area (Å²) in [5.74, 6) is 0.206. The van der Waals surface area contributed by atoms with Crippen LogP contribution in [0.5, 0.6) is 0 Å². The van der Waals surface area contributed by atoms with Crippen LogP contribution in [0, 0.1) is 12.7 Å². The minimum Gasteiger partial charge on any atom is -0.383 e. The molecule has 2 heterocycles. The van der Waals surface area contributed by atoms with Gasteiger partial charge in [-0.3, -0.25) is 9.67 Å². The first-order valence-electron chi connectivity index (χ1n) is 6.57. The highest BCUT2D eigenvalue weighted by Gasteiger charge is 2.17. The van der Waals surface area contributed by atoms with Crippen molar-refractivity contribution in [1.82, 2.24) is 14.8 Å². The van der Waals surface area contributed by atoms with Crippen molar-refractivity contribution < 1.29 is 4.39 Å². The van der Waals surface area contributed by atoms with E-state index in [1.807, 2.05) is 25.1 Å². The SMILES string of the molecule is Cc1cc(-c2nn(C)c(N)c2-c2cccc(F)c2)ccn1. The van der Waals surface area contributed by atoms with E-state index < -0.39 is 0 Å². The average molecular weight is 282 g/mol. The molecular weight excluding hydrogens is 267 g/mol. The summed E-state index contributed by atoms with van der Waals surface area (Å²) >= 11 is 0. The fourth-order valence-corrected chi connectivity index (χ4v) is 2.36. The number of halogens is 1. The summed E-state index contributed by atoms with van der Waals surface area (Å²) in [6.07, 6.45) is 1.73. The summed E-state index contributed by atoms with van der Waals surface area (Å²) in [4.78, 5) is 4.19. The highest BCUT2D eigenvalue weighted by molar-refractivity contribution is 5.88. The highest BCUT2D eigenvalue weighted by Crippen LogP contribution is 2.36. The van der Waals surface area contributed by atoms with Crippen molar-refractivity contribution >= 4 is 5.82 Å². The molecule has 0 radical (unpaired) electrons. The highest BCUT2D eigenvalue weighted by atomic mass is 19.1. The molecule has 21 heavy (non-hydrogen) atoms. The average Bonchev–Trinajstić information content (AvgIpc) is 2.75. The van der Waals surface area contributed by atoms with Gasteiger partial charge in [-0.2, -0.15) is 5.10 Å². The molecule has 0 saturated carbocycles. The lowest BCUT2D eigenvalue weighted by atomic mass is 10.0. The van der Waals surface area contributed by atoms with Gasteiger partial charge >= 0.3 is 0 Å². The lowest BCUT2D eigenvalue weighted by Gasteiger charge is -2.05. The zero-order valence-electron chi connectivity index (χ0n) is 11.8. The molecule has 0 bridgehead atoms. The number of pyridine rings is 1. The Morgan fingerprint density at radius 2 is 1.95 bits per heavy atom. The number of nitrogen functional groups attached to an aromatic ring is 1. The number of nitrogens with zero attached hydrogens (tertiary/aromatic N) is 3. The van der Waals surface area contributed by atoms with E-state index in [1.165, 1.54) is 12.1 Å². The normalized spacial score (nSPS) is 10.8. The van der Waals surface area contributed by atoms with Crippen LogP contribution in [0.2, 0.25) is 0 Å². The third kappa shape index (κ3) is 2.38. The Hall–Kier alpha value is -2.69. The fourth-order valence-electron chi connectivity index (χ4n) is 2.36. The Morgan fingerprint density at radius 3 is 2.67 bits per heavy atom. The zero-order chi connectivity index (χ0) is 15.0. The van der Waals surface area contributed by atoms with E-state index in [4.69, 9.17) is 5.73 Å². The molecule has 106 valence electrons. The summed E-state index contributed by atoms with van der Waals surface area (Å²) in [5, 5.41) is 4.47. The van der Waals surface area contributed by atoms with Crippen LogP contribution >= 0.6 is 0 Å². The van der Waals surface area contributed by atoms with Gasteiger partial charge in [-0.15, -0.1) is 0 Å². The maximum atomic E-state index is 13.5. The van der Waals surface area contributed by atoms with Gasteiger partial charge in [-0.25, -0.2) is 4.39 Å². The van der Waals surface area contributed by atoms with Crippen molar-refractivity contribution in [2.45, 2.75) is 6.92 Å². The summed E-state index contributed by atoms with van der Waals surface area (Å²) in [6.45, 7) is 1.91. The van der Waals surface area contributed by atoms with E-state index in [9.17, 15) is 4.39 Å². The van der Waals surface area contributed by atoms with Crippen molar-refractivity contribution in [2.24, 2.45) is 7.05 Å². The molecule has 0 saturated heterocycles. The van der Waals surface area contributed by atoms with Gasteiger partial charge in [0.1, 0.15) is 17.3 Å². The van der Waals surface area contributed by atoms with Crippen molar-refractivity contribution in [2.75, 3.05) is 5.73 Å².